The minimum atomic E-state index is -0.00705. The molecule has 1 saturated carbocycles. The van der Waals surface area contributed by atoms with Crippen LogP contribution in [-0.2, 0) is 12.3 Å². The van der Waals surface area contributed by atoms with Gasteiger partial charge in [0, 0.05) is 12.5 Å². The molecule has 118 valence electrons. The number of nitrogens with zero attached hydrogens (tertiary/aromatic N) is 4. The maximum absolute atomic E-state index is 12.6. The average Bonchev–Trinajstić information content (AvgIpc) is 3.32. The number of benzene rings is 1. The van der Waals surface area contributed by atoms with Gasteiger partial charge in [-0.2, -0.15) is 4.98 Å². The van der Waals surface area contributed by atoms with E-state index in [4.69, 9.17) is 4.52 Å². The van der Waals surface area contributed by atoms with Gasteiger partial charge in [-0.05, 0) is 31.9 Å². The smallest absolute Gasteiger partial charge is 0.262 e. The van der Waals surface area contributed by atoms with Crippen LogP contribution in [0.25, 0.3) is 10.9 Å². The number of aromatic nitrogens is 4. The van der Waals surface area contributed by atoms with Crippen LogP contribution in [0.15, 0.2) is 38.7 Å². The molecule has 0 unspecified atom stereocenters. The number of hydrogen-bond donors (Lipinski definition) is 0. The predicted molar refractivity (Wildman–Crippen MR) is 87.5 cm³/mol. The van der Waals surface area contributed by atoms with Gasteiger partial charge in [-0.15, -0.1) is 0 Å². The minimum Gasteiger partial charge on any atom is -0.339 e. The quantitative estimate of drug-likeness (QED) is 0.529. The minimum absolute atomic E-state index is 0.00705. The van der Waals surface area contributed by atoms with Gasteiger partial charge in [0.1, 0.15) is 0 Å². The first kappa shape index (κ1) is 14.4. The number of rotatable bonds is 5. The third-order valence-electron chi connectivity index (χ3n) is 3.88. The van der Waals surface area contributed by atoms with Gasteiger partial charge in [0.15, 0.2) is 11.0 Å². The highest BCUT2D eigenvalue weighted by Gasteiger charge is 2.29. The van der Waals surface area contributed by atoms with Crippen LogP contribution in [0.2, 0.25) is 0 Å². The number of para-hydroxylation sites is 1. The summed E-state index contributed by atoms with van der Waals surface area (Å²) in [4.78, 5) is 21.6. The Morgan fingerprint density at radius 3 is 2.91 bits per heavy atom. The molecule has 0 radical (unpaired) electrons. The van der Waals surface area contributed by atoms with Crippen LogP contribution >= 0.6 is 11.8 Å². The summed E-state index contributed by atoms with van der Waals surface area (Å²) in [6.45, 7) is 2.53. The molecule has 1 aliphatic rings. The molecule has 0 aliphatic heterocycles. The second kappa shape index (κ2) is 5.81. The van der Waals surface area contributed by atoms with Crippen LogP contribution in [0.4, 0.5) is 0 Å². The van der Waals surface area contributed by atoms with Crippen molar-refractivity contribution >= 4 is 22.7 Å². The number of hydrogen-bond acceptors (Lipinski definition) is 6. The van der Waals surface area contributed by atoms with Crippen molar-refractivity contribution < 1.29 is 4.52 Å². The van der Waals surface area contributed by atoms with Crippen LogP contribution in [0.5, 0.6) is 0 Å². The number of fused-ring (bicyclic) bond motifs is 1. The Bertz CT molecular complexity index is 914. The lowest BCUT2D eigenvalue weighted by molar-refractivity contribution is 0.375. The van der Waals surface area contributed by atoms with E-state index < -0.39 is 0 Å². The summed E-state index contributed by atoms with van der Waals surface area (Å²) in [7, 11) is 0. The van der Waals surface area contributed by atoms with E-state index in [9.17, 15) is 4.79 Å². The zero-order valence-corrected chi connectivity index (χ0v) is 13.5. The summed E-state index contributed by atoms with van der Waals surface area (Å²) in [6, 6.07) is 7.42. The lowest BCUT2D eigenvalue weighted by Gasteiger charge is -2.10. The highest BCUT2D eigenvalue weighted by molar-refractivity contribution is 7.98. The summed E-state index contributed by atoms with van der Waals surface area (Å²) < 4.78 is 6.95. The van der Waals surface area contributed by atoms with Gasteiger partial charge in [-0.25, -0.2) is 4.98 Å². The first-order chi connectivity index (χ1) is 11.3. The Hall–Kier alpha value is -2.15. The predicted octanol–water partition coefficient (Wildman–Crippen LogP) is 2.97. The second-order valence-corrected chi connectivity index (χ2v) is 6.52. The normalized spacial score (nSPS) is 14.5. The van der Waals surface area contributed by atoms with Crippen LogP contribution in [0.3, 0.4) is 0 Å². The molecule has 0 N–H and O–H groups in total. The summed E-state index contributed by atoms with van der Waals surface area (Å²) in [6.07, 6.45) is 2.27. The van der Waals surface area contributed by atoms with E-state index in [1.54, 1.807) is 4.57 Å². The molecule has 3 aromatic rings. The molecule has 2 aromatic heterocycles. The first-order valence-corrected chi connectivity index (χ1v) is 8.69. The van der Waals surface area contributed by atoms with Crippen molar-refractivity contribution in [3.05, 3.63) is 46.3 Å². The molecule has 7 heteroatoms. The Balaban J connectivity index is 1.63. The largest absolute Gasteiger partial charge is 0.339 e. The van der Waals surface area contributed by atoms with Gasteiger partial charge < -0.3 is 4.52 Å². The average molecular weight is 328 g/mol. The van der Waals surface area contributed by atoms with E-state index in [0.29, 0.717) is 34.6 Å². The molecule has 0 atom stereocenters. The van der Waals surface area contributed by atoms with Crippen molar-refractivity contribution in [1.82, 2.24) is 19.7 Å². The zero-order valence-electron chi connectivity index (χ0n) is 12.7. The third kappa shape index (κ3) is 2.76. The van der Waals surface area contributed by atoms with E-state index in [0.717, 1.165) is 24.2 Å². The Labute approximate surface area is 136 Å². The molecule has 1 aliphatic carbocycles. The molecule has 2 heterocycles. The molecule has 0 bridgehead atoms. The van der Waals surface area contributed by atoms with E-state index in [1.807, 2.05) is 31.2 Å². The van der Waals surface area contributed by atoms with Crippen molar-refractivity contribution in [3.63, 3.8) is 0 Å². The molecule has 0 spiro atoms. The summed E-state index contributed by atoms with van der Waals surface area (Å²) in [5.41, 5.74) is 0.712. The van der Waals surface area contributed by atoms with Crippen molar-refractivity contribution in [1.29, 1.82) is 0 Å². The Morgan fingerprint density at radius 2 is 2.13 bits per heavy atom. The molecule has 1 fully saturated rings. The fourth-order valence-corrected chi connectivity index (χ4v) is 3.39. The fourth-order valence-electron chi connectivity index (χ4n) is 2.49. The van der Waals surface area contributed by atoms with Gasteiger partial charge in [0.25, 0.3) is 5.56 Å². The summed E-state index contributed by atoms with van der Waals surface area (Å²) in [5.74, 6) is 2.39. The van der Waals surface area contributed by atoms with Crippen molar-refractivity contribution in [2.75, 3.05) is 0 Å². The van der Waals surface area contributed by atoms with Gasteiger partial charge in [-0.3, -0.25) is 9.36 Å². The molecular weight excluding hydrogens is 312 g/mol. The highest BCUT2D eigenvalue weighted by atomic mass is 32.2. The van der Waals surface area contributed by atoms with Gasteiger partial charge >= 0.3 is 0 Å². The van der Waals surface area contributed by atoms with Crippen LogP contribution < -0.4 is 5.56 Å². The standard InChI is InChI=1S/C16H16N4O2S/c1-2-20-15(21)11-5-3-4-6-12(11)17-16(20)23-9-13-18-14(22-19-13)10-7-8-10/h3-6,10H,2,7-9H2,1H3. The molecule has 4 rings (SSSR count). The molecular formula is C16H16N4O2S. The zero-order chi connectivity index (χ0) is 15.8. The first-order valence-electron chi connectivity index (χ1n) is 7.71. The third-order valence-corrected chi connectivity index (χ3v) is 4.86. The lowest BCUT2D eigenvalue weighted by Crippen LogP contribution is -2.22. The lowest BCUT2D eigenvalue weighted by atomic mass is 10.2. The second-order valence-electron chi connectivity index (χ2n) is 5.57. The topological polar surface area (TPSA) is 73.8 Å². The van der Waals surface area contributed by atoms with E-state index in [1.165, 1.54) is 11.8 Å². The molecule has 23 heavy (non-hydrogen) atoms. The van der Waals surface area contributed by atoms with Gasteiger partial charge in [-0.1, -0.05) is 29.1 Å². The Morgan fingerprint density at radius 1 is 1.30 bits per heavy atom. The summed E-state index contributed by atoms with van der Waals surface area (Å²) >= 11 is 1.47. The maximum atomic E-state index is 12.6. The van der Waals surface area contributed by atoms with Gasteiger partial charge in [0.2, 0.25) is 5.89 Å². The van der Waals surface area contributed by atoms with E-state index in [-0.39, 0.29) is 5.56 Å². The van der Waals surface area contributed by atoms with Crippen molar-refractivity contribution in [2.45, 2.75) is 43.1 Å². The monoisotopic (exact) mass is 328 g/mol. The van der Waals surface area contributed by atoms with Crippen LogP contribution in [0.1, 0.15) is 37.4 Å². The van der Waals surface area contributed by atoms with Crippen LogP contribution in [0, 0.1) is 0 Å². The maximum Gasteiger partial charge on any atom is 0.262 e. The van der Waals surface area contributed by atoms with E-state index in [2.05, 4.69) is 15.1 Å². The fraction of sp³-hybridized carbons (Fsp3) is 0.375. The van der Waals surface area contributed by atoms with Crippen LogP contribution in [-0.4, -0.2) is 19.7 Å². The molecule has 0 amide bonds. The van der Waals surface area contributed by atoms with Crippen molar-refractivity contribution in [3.8, 4) is 0 Å². The Kier molecular flexibility index (Phi) is 3.65. The SMILES string of the molecule is CCn1c(SCc2noc(C3CC3)n2)nc2ccccc2c1=O. The molecule has 0 saturated heterocycles. The van der Waals surface area contributed by atoms with Gasteiger partial charge in [0.05, 0.1) is 16.7 Å². The van der Waals surface area contributed by atoms with Crippen molar-refractivity contribution in [2.24, 2.45) is 0 Å². The molecule has 1 aromatic carbocycles. The molecule has 6 nitrogen and oxygen atoms in total. The van der Waals surface area contributed by atoms with E-state index >= 15 is 0 Å². The summed E-state index contributed by atoms with van der Waals surface area (Å²) in [5, 5.41) is 5.35. The number of thioether (sulfide) groups is 1. The highest BCUT2D eigenvalue weighted by Crippen LogP contribution is 2.39.